The van der Waals surface area contributed by atoms with E-state index in [0.29, 0.717) is 0 Å². The lowest BCUT2D eigenvalue weighted by molar-refractivity contribution is -0.144. The number of nitrogens with zero attached hydrogens (tertiary/aromatic N) is 3. The molecule has 2 aromatic rings. The lowest BCUT2D eigenvalue weighted by Crippen LogP contribution is -2.08. The Labute approximate surface area is 104 Å². The Kier molecular flexibility index (Phi) is 2.96. The molecular formula is C10H8ClF4N3. The summed E-state index contributed by atoms with van der Waals surface area (Å²) in [6.45, 7) is 3.36. The lowest BCUT2D eigenvalue weighted by atomic mass is 10.1. The molecule has 0 atom stereocenters. The first-order valence-corrected chi connectivity index (χ1v) is 5.41. The highest BCUT2D eigenvalue weighted by molar-refractivity contribution is 6.30. The standard InChI is InChI=1S/C10H8ClF4N3/c1-4(2)7-5(12)3-6-16-9(10(13,14)15)17-18(6)8(7)11/h3-4H,1-2H3. The van der Waals surface area contributed by atoms with Crippen molar-refractivity contribution in [1.82, 2.24) is 14.6 Å². The Morgan fingerprint density at radius 1 is 1.33 bits per heavy atom. The largest absolute Gasteiger partial charge is 0.453 e. The van der Waals surface area contributed by atoms with Crippen LogP contribution in [0.15, 0.2) is 6.07 Å². The van der Waals surface area contributed by atoms with Crippen molar-refractivity contribution < 1.29 is 17.6 Å². The number of fused-ring (bicyclic) bond motifs is 1. The molecule has 0 aliphatic rings. The summed E-state index contributed by atoms with van der Waals surface area (Å²) in [6.07, 6.45) is -4.69. The van der Waals surface area contributed by atoms with Crippen LogP contribution in [0, 0.1) is 5.82 Å². The zero-order valence-corrected chi connectivity index (χ0v) is 10.1. The van der Waals surface area contributed by atoms with Gasteiger partial charge in [-0.25, -0.2) is 13.9 Å². The summed E-state index contributed by atoms with van der Waals surface area (Å²) < 4.78 is 51.8. The van der Waals surface area contributed by atoms with Gasteiger partial charge < -0.3 is 0 Å². The molecule has 98 valence electrons. The summed E-state index contributed by atoms with van der Waals surface area (Å²) in [5.41, 5.74) is -0.156. The molecule has 0 saturated carbocycles. The van der Waals surface area contributed by atoms with E-state index in [1.165, 1.54) is 0 Å². The minimum atomic E-state index is -4.69. The number of hydrogen-bond acceptors (Lipinski definition) is 2. The molecule has 0 aliphatic carbocycles. The van der Waals surface area contributed by atoms with Crippen molar-refractivity contribution >= 4 is 17.2 Å². The van der Waals surface area contributed by atoms with Crippen molar-refractivity contribution in [3.8, 4) is 0 Å². The quantitative estimate of drug-likeness (QED) is 0.590. The predicted octanol–water partition coefficient (Wildman–Crippen LogP) is 3.66. The van der Waals surface area contributed by atoms with Gasteiger partial charge >= 0.3 is 6.18 Å². The van der Waals surface area contributed by atoms with Crippen LogP contribution in [-0.2, 0) is 6.18 Å². The molecule has 0 amide bonds. The van der Waals surface area contributed by atoms with Gasteiger partial charge in [-0.05, 0) is 5.92 Å². The highest BCUT2D eigenvalue weighted by atomic mass is 35.5. The predicted molar refractivity (Wildman–Crippen MR) is 57.0 cm³/mol. The molecule has 2 aromatic heterocycles. The van der Waals surface area contributed by atoms with Gasteiger partial charge in [-0.1, -0.05) is 25.4 Å². The summed E-state index contributed by atoms with van der Waals surface area (Å²) in [5.74, 6) is -2.31. The van der Waals surface area contributed by atoms with Gasteiger partial charge in [-0.3, -0.25) is 0 Å². The molecule has 0 fully saturated rings. The second kappa shape index (κ2) is 4.08. The Bertz CT molecular complexity index is 603. The van der Waals surface area contributed by atoms with Gasteiger partial charge in [0.2, 0.25) is 0 Å². The second-order valence-electron chi connectivity index (χ2n) is 4.05. The van der Waals surface area contributed by atoms with Crippen molar-refractivity contribution in [3.63, 3.8) is 0 Å². The summed E-state index contributed by atoms with van der Waals surface area (Å²) in [4.78, 5) is 3.21. The summed E-state index contributed by atoms with van der Waals surface area (Å²) in [5, 5.41) is 3.06. The molecule has 0 spiro atoms. The smallest absolute Gasteiger partial charge is 0.206 e. The molecule has 0 radical (unpaired) electrons. The fourth-order valence-corrected chi connectivity index (χ4v) is 2.03. The highest BCUT2D eigenvalue weighted by Crippen LogP contribution is 2.31. The normalized spacial score (nSPS) is 12.7. The third kappa shape index (κ3) is 2.03. The lowest BCUT2D eigenvalue weighted by Gasteiger charge is -2.09. The maximum atomic E-state index is 13.7. The number of aromatic nitrogens is 3. The molecule has 0 bridgehead atoms. The topological polar surface area (TPSA) is 30.2 Å². The van der Waals surface area contributed by atoms with Crippen molar-refractivity contribution in [2.75, 3.05) is 0 Å². The van der Waals surface area contributed by atoms with Crippen molar-refractivity contribution in [2.45, 2.75) is 25.9 Å². The van der Waals surface area contributed by atoms with E-state index in [2.05, 4.69) is 10.1 Å². The van der Waals surface area contributed by atoms with Crippen LogP contribution in [0.5, 0.6) is 0 Å². The fourth-order valence-electron chi connectivity index (χ4n) is 1.60. The SMILES string of the molecule is CC(C)c1c(F)cc2nc(C(F)(F)F)nn2c1Cl. The van der Waals surface area contributed by atoms with Crippen LogP contribution in [0.4, 0.5) is 17.6 Å². The van der Waals surface area contributed by atoms with Crippen LogP contribution < -0.4 is 0 Å². The number of halogens is 5. The average Bonchev–Trinajstić information content (AvgIpc) is 2.60. The van der Waals surface area contributed by atoms with Gasteiger partial charge in [0.15, 0.2) is 5.65 Å². The minimum Gasteiger partial charge on any atom is -0.206 e. The molecule has 3 nitrogen and oxygen atoms in total. The summed E-state index contributed by atoms with van der Waals surface area (Å²) in [6, 6.07) is 0.892. The van der Waals surface area contributed by atoms with E-state index >= 15 is 0 Å². The third-order valence-corrected chi connectivity index (χ3v) is 2.75. The van der Waals surface area contributed by atoms with E-state index in [0.717, 1.165) is 10.6 Å². The minimum absolute atomic E-state index is 0.114. The van der Waals surface area contributed by atoms with Crippen LogP contribution in [-0.4, -0.2) is 14.6 Å². The highest BCUT2D eigenvalue weighted by Gasteiger charge is 2.36. The first kappa shape index (κ1) is 13.1. The van der Waals surface area contributed by atoms with E-state index in [1.807, 2.05) is 0 Å². The molecule has 2 heterocycles. The number of pyridine rings is 1. The second-order valence-corrected chi connectivity index (χ2v) is 4.41. The van der Waals surface area contributed by atoms with Crippen molar-refractivity contribution in [3.05, 3.63) is 28.4 Å². The molecule has 0 N–H and O–H groups in total. The zero-order chi connectivity index (χ0) is 13.7. The third-order valence-electron chi connectivity index (χ3n) is 2.38. The molecule has 0 unspecified atom stereocenters. The first-order valence-electron chi connectivity index (χ1n) is 5.03. The van der Waals surface area contributed by atoms with Gasteiger partial charge in [0, 0.05) is 11.6 Å². The average molecular weight is 282 g/mol. The molecule has 18 heavy (non-hydrogen) atoms. The zero-order valence-electron chi connectivity index (χ0n) is 9.39. The van der Waals surface area contributed by atoms with E-state index < -0.39 is 17.8 Å². The Morgan fingerprint density at radius 3 is 2.44 bits per heavy atom. The number of hydrogen-bond donors (Lipinski definition) is 0. The Morgan fingerprint density at radius 2 is 1.94 bits per heavy atom. The van der Waals surface area contributed by atoms with E-state index in [1.54, 1.807) is 13.8 Å². The van der Waals surface area contributed by atoms with Crippen LogP contribution in [0.1, 0.15) is 31.2 Å². The summed E-state index contributed by atoms with van der Waals surface area (Å²) in [7, 11) is 0. The van der Waals surface area contributed by atoms with E-state index in [4.69, 9.17) is 11.6 Å². The van der Waals surface area contributed by atoms with Gasteiger partial charge in [0.1, 0.15) is 11.0 Å². The van der Waals surface area contributed by atoms with E-state index in [9.17, 15) is 17.6 Å². The number of alkyl halides is 3. The molecule has 0 aliphatic heterocycles. The number of rotatable bonds is 1. The van der Waals surface area contributed by atoms with Gasteiger partial charge in [0.25, 0.3) is 5.82 Å². The monoisotopic (exact) mass is 281 g/mol. The molecule has 8 heteroatoms. The van der Waals surface area contributed by atoms with Gasteiger partial charge in [-0.2, -0.15) is 13.2 Å². The first-order chi connectivity index (χ1) is 8.21. The van der Waals surface area contributed by atoms with Gasteiger partial charge in [0.05, 0.1) is 0 Å². The molecular weight excluding hydrogens is 274 g/mol. The fraction of sp³-hybridized carbons (Fsp3) is 0.400. The molecule has 0 saturated heterocycles. The molecule has 0 aromatic carbocycles. The summed E-state index contributed by atoms with van der Waals surface area (Å²) >= 11 is 5.86. The maximum absolute atomic E-state index is 13.7. The van der Waals surface area contributed by atoms with Crippen LogP contribution in [0.2, 0.25) is 5.15 Å². The maximum Gasteiger partial charge on any atom is 0.453 e. The van der Waals surface area contributed by atoms with Crippen LogP contribution in [0.3, 0.4) is 0 Å². The van der Waals surface area contributed by atoms with Crippen molar-refractivity contribution in [2.24, 2.45) is 0 Å². The van der Waals surface area contributed by atoms with Gasteiger partial charge in [-0.15, -0.1) is 5.10 Å². The van der Waals surface area contributed by atoms with Crippen molar-refractivity contribution in [1.29, 1.82) is 0 Å². The molecule has 2 rings (SSSR count). The van der Waals surface area contributed by atoms with Crippen LogP contribution >= 0.6 is 11.6 Å². The van der Waals surface area contributed by atoms with Crippen LogP contribution in [0.25, 0.3) is 5.65 Å². The van der Waals surface area contributed by atoms with E-state index in [-0.39, 0.29) is 22.3 Å². The Balaban J connectivity index is 2.75. The Hall–Kier alpha value is -1.37.